The number of benzene rings is 1. The summed E-state index contributed by atoms with van der Waals surface area (Å²) in [5, 5.41) is 0. The van der Waals surface area contributed by atoms with E-state index >= 15 is 0 Å². The van der Waals surface area contributed by atoms with Crippen LogP contribution in [-0.4, -0.2) is 32.2 Å². The molecule has 21 heavy (non-hydrogen) atoms. The molecule has 0 radical (unpaired) electrons. The van der Waals surface area contributed by atoms with Crippen molar-refractivity contribution in [2.75, 3.05) is 24.7 Å². The van der Waals surface area contributed by atoms with Gasteiger partial charge in [0.2, 0.25) is 6.43 Å². The lowest BCUT2D eigenvalue weighted by Gasteiger charge is -2.37. The molecule has 1 aromatic carbocycles. The van der Waals surface area contributed by atoms with E-state index in [1.807, 2.05) is 0 Å². The largest absolute Gasteiger partial charge is 0.377 e. The Hall–Kier alpha value is -1.30. The molecule has 1 unspecified atom stereocenters. The van der Waals surface area contributed by atoms with Crippen LogP contribution in [0, 0.1) is 11.6 Å². The van der Waals surface area contributed by atoms with Gasteiger partial charge >= 0.3 is 0 Å². The van der Waals surface area contributed by atoms with Crippen LogP contribution < -0.4 is 4.90 Å². The molecule has 2 rings (SSSR count). The van der Waals surface area contributed by atoms with Crippen LogP contribution in [0.3, 0.4) is 0 Å². The van der Waals surface area contributed by atoms with Gasteiger partial charge in [0.1, 0.15) is 11.6 Å². The molecule has 0 saturated carbocycles. The van der Waals surface area contributed by atoms with Gasteiger partial charge in [0.05, 0.1) is 19.3 Å². The van der Waals surface area contributed by atoms with Crippen molar-refractivity contribution in [1.82, 2.24) is 0 Å². The average Bonchev–Trinajstić information content (AvgIpc) is 2.37. The Morgan fingerprint density at radius 3 is 2.38 bits per heavy atom. The van der Waals surface area contributed by atoms with Crippen LogP contribution in [0.5, 0.6) is 0 Å². The topological polar surface area (TPSA) is 12.5 Å². The van der Waals surface area contributed by atoms with Gasteiger partial charge in [-0.05, 0) is 18.1 Å². The van der Waals surface area contributed by atoms with Crippen LogP contribution in [0.2, 0.25) is 0 Å². The maximum absolute atomic E-state index is 14.1. The van der Waals surface area contributed by atoms with E-state index in [1.165, 1.54) is 12.1 Å². The summed E-state index contributed by atoms with van der Waals surface area (Å²) in [6.45, 7) is 4.25. The molecule has 0 bridgehead atoms. The fourth-order valence-corrected chi connectivity index (χ4v) is 2.68. The van der Waals surface area contributed by atoms with Crippen LogP contribution in [-0.2, 0) is 4.74 Å². The number of anilines is 1. The van der Waals surface area contributed by atoms with Gasteiger partial charge in [-0.15, -0.1) is 0 Å². The van der Waals surface area contributed by atoms with Gasteiger partial charge in [-0.2, -0.15) is 0 Å². The number of alkyl halides is 2. The Labute approximate surface area is 121 Å². The number of morpholine rings is 1. The standard InChI is InChI=1S/C15H19F4NO/c1-9(2)15-12(16)5-10(6-13(15)17)20-3-4-21-8-11(20)7-14(18)19/h5-6,9,11,14H,3-4,7-8H2,1-2H3. The summed E-state index contributed by atoms with van der Waals surface area (Å²) in [7, 11) is 0. The molecule has 1 atom stereocenters. The third kappa shape index (κ3) is 3.67. The number of hydrogen-bond donors (Lipinski definition) is 0. The first kappa shape index (κ1) is 16.1. The average molecular weight is 305 g/mol. The number of hydrogen-bond acceptors (Lipinski definition) is 2. The fourth-order valence-electron chi connectivity index (χ4n) is 2.68. The summed E-state index contributed by atoms with van der Waals surface area (Å²) in [4.78, 5) is 1.60. The van der Waals surface area contributed by atoms with E-state index < -0.39 is 24.1 Å². The third-order valence-electron chi connectivity index (χ3n) is 3.65. The highest BCUT2D eigenvalue weighted by atomic mass is 19.3. The lowest BCUT2D eigenvalue weighted by Crippen LogP contribution is -2.46. The van der Waals surface area contributed by atoms with E-state index in [-0.39, 0.29) is 24.5 Å². The van der Waals surface area contributed by atoms with Crippen LogP contribution >= 0.6 is 0 Å². The SMILES string of the molecule is CC(C)c1c(F)cc(N2CCOCC2CC(F)F)cc1F. The number of halogens is 4. The molecule has 0 amide bonds. The van der Waals surface area contributed by atoms with Gasteiger partial charge in [-0.25, -0.2) is 17.6 Å². The van der Waals surface area contributed by atoms with E-state index in [0.29, 0.717) is 18.8 Å². The molecule has 118 valence electrons. The van der Waals surface area contributed by atoms with Crippen molar-refractivity contribution in [3.8, 4) is 0 Å². The zero-order valence-corrected chi connectivity index (χ0v) is 12.1. The second kappa shape index (κ2) is 6.64. The minimum atomic E-state index is -2.48. The molecule has 0 aliphatic carbocycles. The van der Waals surface area contributed by atoms with Gasteiger partial charge in [-0.1, -0.05) is 13.8 Å². The molecule has 2 nitrogen and oxygen atoms in total. The Balaban J connectivity index is 2.31. The Bertz CT molecular complexity index is 470. The molecule has 1 aliphatic rings. The molecule has 1 saturated heterocycles. The van der Waals surface area contributed by atoms with E-state index in [9.17, 15) is 17.6 Å². The highest BCUT2D eigenvalue weighted by Gasteiger charge is 2.28. The second-order valence-corrected chi connectivity index (χ2v) is 5.53. The summed E-state index contributed by atoms with van der Waals surface area (Å²) in [6.07, 6.45) is -2.86. The fraction of sp³-hybridized carbons (Fsp3) is 0.600. The Kier molecular flexibility index (Phi) is 5.08. The van der Waals surface area contributed by atoms with Gasteiger partial charge < -0.3 is 9.64 Å². The van der Waals surface area contributed by atoms with Crippen molar-refractivity contribution < 1.29 is 22.3 Å². The first-order valence-electron chi connectivity index (χ1n) is 7.01. The Morgan fingerprint density at radius 1 is 1.24 bits per heavy atom. The van der Waals surface area contributed by atoms with Gasteiger partial charge in [-0.3, -0.25) is 0 Å². The normalized spacial score (nSPS) is 19.6. The predicted molar refractivity (Wildman–Crippen MR) is 73.0 cm³/mol. The van der Waals surface area contributed by atoms with E-state index in [4.69, 9.17) is 4.74 Å². The minimum absolute atomic E-state index is 0.0254. The quantitative estimate of drug-likeness (QED) is 0.781. The molecule has 0 aromatic heterocycles. The van der Waals surface area contributed by atoms with E-state index in [1.54, 1.807) is 18.7 Å². The van der Waals surface area contributed by atoms with Crippen LogP contribution in [0.15, 0.2) is 12.1 Å². The van der Waals surface area contributed by atoms with Gasteiger partial charge in [0, 0.05) is 24.2 Å². The predicted octanol–water partition coefficient (Wildman–Crippen LogP) is 3.95. The molecule has 1 fully saturated rings. The molecule has 1 heterocycles. The molecule has 0 spiro atoms. The number of ether oxygens (including phenoxy) is 1. The molecule has 6 heteroatoms. The summed E-state index contributed by atoms with van der Waals surface area (Å²) in [6, 6.07) is 1.88. The smallest absolute Gasteiger partial charge is 0.240 e. The molecule has 1 aliphatic heterocycles. The van der Waals surface area contributed by atoms with Crippen molar-refractivity contribution >= 4 is 5.69 Å². The third-order valence-corrected chi connectivity index (χ3v) is 3.65. The lowest BCUT2D eigenvalue weighted by molar-refractivity contribution is 0.0584. The molecular formula is C15H19F4NO. The van der Waals surface area contributed by atoms with E-state index in [2.05, 4.69) is 0 Å². The first-order chi connectivity index (χ1) is 9.90. The number of rotatable bonds is 4. The maximum Gasteiger partial charge on any atom is 0.240 e. The van der Waals surface area contributed by atoms with E-state index in [0.717, 1.165) is 0 Å². The molecule has 1 aromatic rings. The maximum atomic E-state index is 14.1. The van der Waals surface area contributed by atoms with Crippen LogP contribution in [0.4, 0.5) is 23.2 Å². The summed E-state index contributed by atoms with van der Waals surface area (Å²) in [5.74, 6) is -1.55. The highest BCUT2D eigenvalue weighted by Crippen LogP contribution is 2.30. The summed E-state index contributed by atoms with van der Waals surface area (Å²) >= 11 is 0. The van der Waals surface area contributed by atoms with Crippen molar-refractivity contribution in [2.24, 2.45) is 0 Å². The summed E-state index contributed by atoms with van der Waals surface area (Å²) in [5.41, 5.74) is 0.320. The van der Waals surface area contributed by atoms with Crippen LogP contribution in [0.1, 0.15) is 31.7 Å². The van der Waals surface area contributed by atoms with Crippen molar-refractivity contribution in [1.29, 1.82) is 0 Å². The van der Waals surface area contributed by atoms with Crippen molar-refractivity contribution in [3.05, 3.63) is 29.3 Å². The van der Waals surface area contributed by atoms with Crippen molar-refractivity contribution in [3.63, 3.8) is 0 Å². The minimum Gasteiger partial charge on any atom is -0.377 e. The first-order valence-corrected chi connectivity index (χ1v) is 7.01. The van der Waals surface area contributed by atoms with Crippen molar-refractivity contribution in [2.45, 2.75) is 38.7 Å². The monoisotopic (exact) mass is 305 g/mol. The van der Waals surface area contributed by atoms with Gasteiger partial charge in [0.15, 0.2) is 0 Å². The van der Waals surface area contributed by atoms with Crippen LogP contribution in [0.25, 0.3) is 0 Å². The zero-order chi connectivity index (χ0) is 15.6. The highest BCUT2D eigenvalue weighted by molar-refractivity contribution is 5.50. The molecule has 0 N–H and O–H groups in total. The Morgan fingerprint density at radius 2 is 1.86 bits per heavy atom. The molecular weight excluding hydrogens is 286 g/mol. The summed E-state index contributed by atoms with van der Waals surface area (Å²) < 4.78 is 58.5. The lowest BCUT2D eigenvalue weighted by atomic mass is 10.0. The number of nitrogens with zero attached hydrogens (tertiary/aromatic N) is 1. The zero-order valence-electron chi connectivity index (χ0n) is 12.1. The van der Waals surface area contributed by atoms with Gasteiger partial charge in [0.25, 0.3) is 0 Å². The second-order valence-electron chi connectivity index (χ2n) is 5.53.